The minimum Gasteiger partial charge on any atom is -0.397 e. The van der Waals surface area contributed by atoms with Crippen LogP contribution >= 0.6 is 11.3 Å². The average Bonchev–Trinajstić information content (AvgIpc) is 2.87. The molecule has 6 nitrogen and oxygen atoms in total. The zero-order valence-corrected chi connectivity index (χ0v) is 8.32. The van der Waals surface area contributed by atoms with Crippen molar-refractivity contribution in [2.75, 3.05) is 5.73 Å². The molecule has 74 valence electrons. The Kier molecular flexibility index (Phi) is 1.65. The topological polar surface area (TPSA) is 93.4 Å². The Labute approximate surface area is 88.1 Å². The third kappa shape index (κ3) is 1.17. The maximum Gasteiger partial charge on any atom is 0.216 e. The first-order valence-electron chi connectivity index (χ1n) is 4.23. The number of aromatic nitrogens is 5. The van der Waals surface area contributed by atoms with Gasteiger partial charge in [0, 0.05) is 11.6 Å². The Balaban J connectivity index is 2.33. The van der Waals surface area contributed by atoms with Crippen LogP contribution in [0.3, 0.4) is 0 Å². The summed E-state index contributed by atoms with van der Waals surface area (Å²) in [6.07, 6.45) is 1.73. The van der Waals surface area contributed by atoms with E-state index < -0.39 is 0 Å². The molecule has 0 saturated heterocycles. The van der Waals surface area contributed by atoms with Crippen molar-refractivity contribution in [3.05, 3.63) is 18.3 Å². The highest BCUT2D eigenvalue weighted by molar-refractivity contribution is 7.22. The van der Waals surface area contributed by atoms with Gasteiger partial charge in [0.05, 0.1) is 5.69 Å². The number of tetrazole rings is 1. The number of nitrogen functional groups attached to an aromatic ring is 1. The van der Waals surface area contributed by atoms with E-state index in [9.17, 15) is 0 Å². The van der Waals surface area contributed by atoms with E-state index >= 15 is 0 Å². The fraction of sp³-hybridized carbons (Fsp3) is 0. The van der Waals surface area contributed by atoms with Crippen LogP contribution in [0.15, 0.2) is 18.3 Å². The molecule has 0 aliphatic rings. The second-order valence-corrected chi connectivity index (χ2v) is 3.94. The first-order valence-corrected chi connectivity index (χ1v) is 5.04. The highest BCUT2D eigenvalue weighted by Crippen LogP contribution is 2.37. The van der Waals surface area contributed by atoms with Crippen LogP contribution in [-0.2, 0) is 0 Å². The highest BCUT2D eigenvalue weighted by atomic mass is 32.1. The van der Waals surface area contributed by atoms with Gasteiger partial charge in [-0.15, -0.1) is 21.5 Å². The van der Waals surface area contributed by atoms with Gasteiger partial charge in [0.25, 0.3) is 0 Å². The molecule has 3 aromatic rings. The number of fused-ring (bicyclic) bond motifs is 1. The van der Waals surface area contributed by atoms with Gasteiger partial charge in [-0.25, -0.2) is 4.98 Å². The molecule has 0 aliphatic heterocycles. The van der Waals surface area contributed by atoms with Gasteiger partial charge in [-0.1, -0.05) is 0 Å². The van der Waals surface area contributed by atoms with Crippen LogP contribution in [0.5, 0.6) is 0 Å². The van der Waals surface area contributed by atoms with E-state index in [4.69, 9.17) is 5.73 Å². The lowest BCUT2D eigenvalue weighted by molar-refractivity contribution is 0.881. The predicted octanol–water partition coefficient (Wildman–Crippen LogP) is 1.06. The van der Waals surface area contributed by atoms with Crippen molar-refractivity contribution < 1.29 is 0 Å². The van der Waals surface area contributed by atoms with Crippen LogP contribution in [0.25, 0.3) is 20.9 Å². The standard InChI is InChI=1S/C8H6N6S/c9-5-4-2-1-3-10-8(4)15-6(5)7-11-13-14-12-7/h1-3H,9H2,(H,11,12,13,14). The Bertz CT molecular complexity index is 599. The van der Waals surface area contributed by atoms with Crippen LogP contribution in [0.1, 0.15) is 0 Å². The SMILES string of the molecule is Nc1c(-c2nn[nH]n2)sc2ncccc12. The molecule has 0 unspecified atom stereocenters. The van der Waals surface area contributed by atoms with Gasteiger partial charge < -0.3 is 5.73 Å². The van der Waals surface area contributed by atoms with Gasteiger partial charge in [-0.3, -0.25) is 0 Å². The number of pyridine rings is 1. The fourth-order valence-electron chi connectivity index (χ4n) is 1.38. The summed E-state index contributed by atoms with van der Waals surface area (Å²) in [5.41, 5.74) is 6.64. The maximum atomic E-state index is 5.98. The van der Waals surface area contributed by atoms with E-state index in [2.05, 4.69) is 25.6 Å². The second-order valence-electron chi connectivity index (χ2n) is 2.94. The van der Waals surface area contributed by atoms with Gasteiger partial charge >= 0.3 is 0 Å². The Morgan fingerprint density at radius 2 is 2.33 bits per heavy atom. The molecule has 0 radical (unpaired) electrons. The van der Waals surface area contributed by atoms with Crippen molar-refractivity contribution in [1.82, 2.24) is 25.6 Å². The van der Waals surface area contributed by atoms with Crippen molar-refractivity contribution in [2.45, 2.75) is 0 Å². The number of H-pyrrole nitrogens is 1. The van der Waals surface area contributed by atoms with Gasteiger partial charge in [0.1, 0.15) is 9.71 Å². The molecular formula is C8H6N6S. The Morgan fingerprint density at radius 1 is 1.40 bits per heavy atom. The molecule has 15 heavy (non-hydrogen) atoms. The number of aromatic amines is 1. The monoisotopic (exact) mass is 218 g/mol. The summed E-state index contributed by atoms with van der Waals surface area (Å²) in [7, 11) is 0. The second kappa shape index (κ2) is 2.99. The molecule has 0 bridgehead atoms. The number of rotatable bonds is 1. The van der Waals surface area contributed by atoms with Crippen molar-refractivity contribution in [2.24, 2.45) is 0 Å². The fourth-order valence-corrected chi connectivity index (χ4v) is 2.37. The highest BCUT2D eigenvalue weighted by Gasteiger charge is 2.14. The van der Waals surface area contributed by atoms with Gasteiger partial charge in [-0.2, -0.15) is 5.21 Å². The van der Waals surface area contributed by atoms with Crippen molar-refractivity contribution >= 4 is 27.2 Å². The van der Waals surface area contributed by atoms with E-state index in [1.807, 2.05) is 12.1 Å². The van der Waals surface area contributed by atoms with E-state index in [-0.39, 0.29) is 0 Å². The number of hydrogen-bond donors (Lipinski definition) is 2. The lowest BCUT2D eigenvalue weighted by atomic mass is 10.2. The van der Waals surface area contributed by atoms with E-state index in [0.29, 0.717) is 11.5 Å². The Hall–Kier alpha value is -2.02. The van der Waals surface area contributed by atoms with Crippen LogP contribution in [0, 0.1) is 0 Å². The number of nitrogens with two attached hydrogens (primary N) is 1. The smallest absolute Gasteiger partial charge is 0.216 e. The van der Waals surface area contributed by atoms with E-state index in [0.717, 1.165) is 15.1 Å². The number of thiophene rings is 1. The average molecular weight is 218 g/mol. The van der Waals surface area contributed by atoms with Gasteiger partial charge in [0.2, 0.25) is 5.82 Å². The molecule has 0 saturated carbocycles. The maximum absolute atomic E-state index is 5.98. The third-order valence-corrected chi connectivity index (χ3v) is 3.18. The van der Waals surface area contributed by atoms with Crippen LogP contribution < -0.4 is 5.73 Å². The minimum absolute atomic E-state index is 0.510. The largest absolute Gasteiger partial charge is 0.397 e. The normalized spacial score (nSPS) is 10.9. The summed E-state index contributed by atoms with van der Waals surface area (Å²) < 4.78 is 0. The summed E-state index contributed by atoms with van der Waals surface area (Å²) in [6.45, 7) is 0. The van der Waals surface area contributed by atoms with Crippen molar-refractivity contribution in [1.29, 1.82) is 0 Å². The molecule has 3 aromatic heterocycles. The zero-order valence-electron chi connectivity index (χ0n) is 7.51. The molecule has 0 aromatic carbocycles. The van der Waals surface area contributed by atoms with Gasteiger partial charge in [0.15, 0.2) is 0 Å². The summed E-state index contributed by atoms with van der Waals surface area (Å²) in [6, 6.07) is 3.78. The molecular weight excluding hydrogens is 212 g/mol. The Morgan fingerprint density at radius 3 is 3.07 bits per heavy atom. The summed E-state index contributed by atoms with van der Waals surface area (Å²) in [5.74, 6) is 0.510. The lowest BCUT2D eigenvalue weighted by Gasteiger charge is -1.90. The molecule has 7 heteroatoms. The molecule has 0 amide bonds. The van der Waals surface area contributed by atoms with E-state index in [1.54, 1.807) is 6.20 Å². The minimum atomic E-state index is 0.510. The molecule has 3 heterocycles. The first-order chi connectivity index (χ1) is 7.36. The van der Waals surface area contributed by atoms with Crippen LogP contribution in [0.4, 0.5) is 5.69 Å². The number of nitrogens with one attached hydrogen (secondary N) is 1. The zero-order chi connectivity index (χ0) is 10.3. The van der Waals surface area contributed by atoms with E-state index in [1.165, 1.54) is 11.3 Å². The molecule has 3 rings (SSSR count). The van der Waals surface area contributed by atoms with Gasteiger partial charge in [-0.05, 0) is 17.3 Å². The van der Waals surface area contributed by atoms with Crippen LogP contribution in [-0.4, -0.2) is 25.6 Å². The molecule has 0 aliphatic carbocycles. The molecule has 0 spiro atoms. The predicted molar refractivity (Wildman–Crippen MR) is 57.2 cm³/mol. The third-order valence-electron chi connectivity index (χ3n) is 2.05. The molecule has 0 fully saturated rings. The number of hydrogen-bond acceptors (Lipinski definition) is 6. The molecule has 3 N–H and O–H groups in total. The summed E-state index contributed by atoms with van der Waals surface area (Å²) in [4.78, 5) is 5.91. The molecule has 0 atom stereocenters. The number of anilines is 1. The van der Waals surface area contributed by atoms with Crippen LogP contribution in [0.2, 0.25) is 0 Å². The first kappa shape index (κ1) is 8.30. The van der Waals surface area contributed by atoms with Crippen molar-refractivity contribution in [3.8, 4) is 10.7 Å². The number of nitrogens with zero attached hydrogens (tertiary/aromatic N) is 4. The quantitative estimate of drug-likeness (QED) is 0.637. The lowest BCUT2D eigenvalue weighted by Crippen LogP contribution is -1.86. The summed E-state index contributed by atoms with van der Waals surface area (Å²) >= 11 is 1.46. The van der Waals surface area contributed by atoms with Crippen molar-refractivity contribution in [3.63, 3.8) is 0 Å². The summed E-state index contributed by atoms with van der Waals surface area (Å²) in [5, 5.41) is 14.6.